The number of nitrogens with zero attached hydrogens (tertiary/aromatic N) is 2. The maximum Gasteiger partial charge on any atom is 0.204 e. The topological polar surface area (TPSA) is 29.9 Å². The molecule has 0 bridgehead atoms. The zero-order valence-electron chi connectivity index (χ0n) is 10.0. The molecule has 1 aliphatic heterocycles. The molecule has 1 aliphatic rings. The number of benzene rings is 1. The molecule has 0 radical (unpaired) electrons. The highest BCUT2D eigenvalue weighted by atomic mass is 15.3. The number of para-hydroxylation sites is 1. The molecule has 0 atom stereocenters. The summed E-state index contributed by atoms with van der Waals surface area (Å²) in [4.78, 5) is 4.71. The first-order valence-electron chi connectivity index (χ1n) is 5.81. The predicted octanol–water partition coefficient (Wildman–Crippen LogP) is 2.76. The molecular formula is C13H17N3. The van der Waals surface area contributed by atoms with Gasteiger partial charge in [0.25, 0.3) is 0 Å². The largest absolute Gasteiger partial charge is 0.354 e. The Bertz CT molecular complexity index is 546. The van der Waals surface area contributed by atoms with Gasteiger partial charge in [-0.25, -0.2) is 4.98 Å². The van der Waals surface area contributed by atoms with E-state index in [1.54, 1.807) is 0 Å². The number of hydrogen-bond donors (Lipinski definition) is 1. The molecular weight excluding hydrogens is 198 g/mol. The lowest BCUT2D eigenvalue weighted by molar-refractivity contribution is 0.595. The van der Waals surface area contributed by atoms with Crippen LogP contribution in [0.1, 0.15) is 26.3 Å². The van der Waals surface area contributed by atoms with Crippen molar-refractivity contribution in [2.24, 2.45) is 0 Å². The first kappa shape index (κ1) is 9.70. The second-order valence-electron chi connectivity index (χ2n) is 5.44. The third kappa shape index (κ3) is 1.24. The van der Waals surface area contributed by atoms with Crippen LogP contribution in [0, 0.1) is 0 Å². The van der Waals surface area contributed by atoms with Gasteiger partial charge in [0.05, 0.1) is 11.0 Å². The van der Waals surface area contributed by atoms with Crippen LogP contribution in [0.25, 0.3) is 11.0 Å². The van der Waals surface area contributed by atoms with Gasteiger partial charge in [-0.2, -0.15) is 0 Å². The molecule has 3 rings (SSSR count). The number of anilines is 1. The summed E-state index contributed by atoms with van der Waals surface area (Å²) in [6, 6.07) is 6.48. The van der Waals surface area contributed by atoms with Gasteiger partial charge in [-0.3, -0.25) is 0 Å². The fourth-order valence-electron chi connectivity index (χ4n) is 2.39. The number of imidazole rings is 1. The van der Waals surface area contributed by atoms with E-state index in [4.69, 9.17) is 4.98 Å². The molecule has 2 aromatic rings. The molecule has 3 heteroatoms. The SMILES string of the molecule is CC(C)(C)c1cccc2c1nc1n2CCN1. The Labute approximate surface area is 95.5 Å². The highest BCUT2D eigenvalue weighted by Crippen LogP contribution is 2.32. The minimum absolute atomic E-state index is 0.148. The van der Waals surface area contributed by atoms with Gasteiger partial charge in [-0.1, -0.05) is 32.9 Å². The Morgan fingerprint density at radius 1 is 1.31 bits per heavy atom. The lowest BCUT2D eigenvalue weighted by Crippen LogP contribution is -2.12. The van der Waals surface area contributed by atoms with Crippen molar-refractivity contribution >= 4 is 17.0 Å². The van der Waals surface area contributed by atoms with Crippen molar-refractivity contribution in [3.05, 3.63) is 23.8 Å². The second-order valence-corrected chi connectivity index (χ2v) is 5.44. The van der Waals surface area contributed by atoms with E-state index in [0.717, 1.165) is 24.6 Å². The molecule has 0 saturated heterocycles. The van der Waals surface area contributed by atoms with E-state index in [0.29, 0.717) is 0 Å². The number of fused-ring (bicyclic) bond motifs is 3. The zero-order chi connectivity index (χ0) is 11.3. The minimum atomic E-state index is 0.148. The van der Waals surface area contributed by atoms with E-state index in [1.807, 2.05) is 0 Å². The summed E-state index contributed by atoms with van der Waals surface area (Å²) in [7, 11) is 0. The van der Waals surface area contributed by atoms with E-state index in [9.17, 15) is 0 Å². The molecule has 84 valence electrons. The molecule has 1 N–H and O–H groups in total. The molecule has 0 aliphatic carbocycles. The summed E-state index contributed by atoms with van der Waals surface area (Å²) < 4.78 is 2.27. The molecule has 16 heavy (non-hydrogen) atoms. The highest BCUT2D eigenvalue weighted by Gasteiger charge is 2.22. The van der Waals surface area contributed by atoms with Gasteiger partial charge in [0.15, 0.2) is 0 Å². The van der Waals surface area contributed by atoms with Crippen molar-refractivity contribution in [2.45, 2.75) is 32.7 Å². The third-order valence-electron chi connectivity index (χ3n) is 3.21. The van der Waals surface area contributed by atoms with Crippen molar-refractivity contribution < 1.29 is 0 Å². The Hall–Kier alpha value is -1.51. The lowest BCUT2D eigenvalue weighted by Gasteiger charge is -2.19. The van der Waals surface area contributed by atoms with Gasteiger partial charge in [0.2, 0.25) is 5.95 Å². The van der Waals surface area contributed by atoms with Crippen molar-refractivity contribution in [3.63, 3.8) is 0 Å². The Morgan fingerprint density at radius 2 is 2.12 bits per heavy atom. The smallest absolute Gasteiger partial charge is 0.204 e. The van der Waals surface area contributed by atoms with E-state index in [-0.39, 0.29) is 5.41 Å². The van der Waals surface area contributed by atoms with E-state index in [1.165, 1.54) is 11.1 Å². The molecule has 1 aromatic heterocycles. The average molecular weight is 215 g/mol. The van der Waals surface area contributed by atoms with Crippen LogP contribution in [-0.2, 0) is 12.0 Å². The van der Waals surface area contributed by atoms with E-state index >= 15 is 0 Å². The summed E-state index contributed by atoms with van der Waals surface area (Å²) in [5.41, 5.74) is 3.88. The van der Waals surface area contributed by atoms with Crippen LogP contribution < -0.4 is 5.32 Å². The van der Waals surface area contributed by atoms with Gasteiger partial charge >= 0.3 is 0 Å². The molecule has 0 unspecified atom stereocenters. The van der Waals surface area contributed by atoms with E-state index < -0.39 is 0 Å². The van der Waals surface area contributed by atoms with Gasteiger partial charge in [-0.15, -0.1) is 0 Å². The summed E-state index contributed by atoms with van der Waals surface area (Å²) in [5, 5.41) is 3.32. The number of aromatic nitrogens is 2. The Kier molecular flexibility index (Phi) is 1.82. The van der Waals surface area contributed by atoms with Crippen molar-refractivity contribution in [3.8, 4) is 0 Å². The molecule has 3 nitrogen and oxygen atoms in total. The zero-order valence-corrected chi connectivity index (χ0v) is 10.0. The molecule has 0 fully saturated rings. The van der Waals surface area contributed by atoms with Gasteiger partial charge in [0, 0.05) is 13.1 Å². The normalized spacial score (nSPS) is 15.2. The molecule has 0 spiro atoms. The van der Waals surface area contributed by atoms with Gasteiger partial charge in [-0.05, 0) is 17.0 Å². The van der Waals surface area contributed by atoms with E-state index in [2.05, 4.69) is 48.9 Å². The predicted molar refractivity (Wildman–Crippen MR) is 66.9 cm³/mol. The summed E-state index contributed by atoms with van der Waals surface area (Å²) >= 11 is 0. The minimum Gasteiger partial charge on any atom is -0.354 e. The highest BCUT2D eigenvalue weighted by molar-refractivity contribution is 5.83. The van der Waals surface area contributed by atoms with Crippen molar-refractivity contribution in [1.29, 1.82) is 0 Å². The monoisotopic (exact) mass is 215 g/mol. The summed E-state index contributed by atoms with van der Waals surface area (Å²) in [6.07, 6.45) is 0. The molecule has 0 saturated carbocycles. The number of hydrogen-bond acceptors (Lipinski definition) is 2. The summed E-state index contributed by atoms with van der Waals surface area (Å²) in [5.74, 6) is 1.02. The Balaban J connectivity index is 2.33. The quantitative estimate of drug-likeness (QED) is 0.732. The lowest BCUT2D eigenvalue weighted by atomic mass is 9.86. The van der Waals surface area contributed by atoms with Crippen molar-refractivity contribution in [2.75, 3.05) is 11.9 Å². The summed E-state index contributed by atoms with van der Waals surface area (Å²) in [6.45, 7) is 8.73. The van der Waals surface area contributed by atoms with Crippen LogP contribution in [0.5, 0.6) is 0 Å². The van der Waals surface area contributed by atoms with Crippen LogP contribution in [0.2, 0.25) is 0 Å². The second kappa shape index (κ2) is 3.00. The standard InChI is InChI=1S/C13H17N3/c1-13(2,3)9-5-4-6-10-11(9)15-12-14-7-8-16(10)12/h4-6H,7-8H2,1-3H3,(H,14,15). The fourth-order valence-corrected chi connectivity index (χ4v) is 2.39. The van der Waals surface area contributed by atoms with Crippen LogP contribution in [0.4, 0.5) is 5.95 Å². The first-order valence-corrected chi connectivity index (χ1v) is 5.81. The maximum atomic E-state index is 4.71. The number of nitrogens with one attached hydrogen (secondary N) is 1. The molecule has 1 aromatic carbocycles. The van der Waals surface area contributed by atoms with Crippen LogP contribution in [0.15, 0.2) is 18.2 Å². The Morgan fingerprint density at radius 3 is 2.88 bits per heavy atom. The van der Waals surface area contributed by atoms with Crippen LogP contribution >= 0.6 is 0 Å². The van der Waals surface area contributed by atoms with Crippen LogP contribution in [-0.4, -0.2) is 16.1 Å². The maximum absolute atomic E-state index is 4.71. The molecule has 2 heterocycles. The number of rotatable bonds is 0. The fraction of sp³-hybridized carbons (Fsp3) is 0.462. The first-order chi connectivity index (χ1) is 7.57. The van der Waals surface area contributed by atoms with Gasteiger partial charge < -0.3 is 9.88 Å². The van der Waals surface area contributed by atoms with Gasteiger partial charge in [0.1, 0.15) is 0 Å². The van der Waals surface area contributed by atoms with Crippen LogP contribution in [0.3, 0.4) is 0 Å². The van der Waals surface area contributed by atoms with Crippen molar-refractivity contribution in [1.82, 2.24) is 9.55 Å². The molecule has 0 amide bonds. The third-order valence-corrected chi connectivity index (χ3v) is 3.21. The average Bonchev–Trinajstić information content (AvgIpc) is 2.74.